The van der Waals surface area contributed by atoms with Gasteiger partial charge in [0.1, 0.15) is 6.10 Å². The van der Waals surface area contributed by atoms with E-state index in [9.17, 15) is 13.2 Å². The Bertz CT molecular complexity index is 432. The molecule has 0 fully saturated rings. The van der Waals surface area contributed by atoms with Crippen LogP contribution < -0.4 is 5.32 Å². The highest BCUT2D eigenvalue weighted by atomic mass is 32.2. The van der Waals surface area contributed by atoms with Gasteiger partial charge in [-0.25, -0.2) is 0 Å². The van der Waals surface area contributed by atoms with Crippen LogP contribution in [0.5, 0.6) is 0 Å². The Balaban J connectivity index is 2.63. The van der Waals surface area contributed by atoms with E-state index in [0.717, 1.165) is 6.26 Å². The van der Waals surface area contributed by atoms with Crippen LogP contribution >= 0.6 is 0 Å². The Morgan fingerprint density at radius 2 is 2.11 bits per heavy atom. The number of hydrogen-bond acceptors (Lipinski definition) is 6. The summed E-state index contributed by atoms with van der Waals surface area (Å²) >= 11 is 0. The summed E-state index contributed by atoms with van der Waals surface area (Å²) in [5.41, 5.74) is 0. The maximum atomic E-state index is 11.0. The number of carbonyl (C=O) groups excluding carboxylic acids is 1. The van der Waals surface area contributed by atoms with Crippen molar-refractivity contribution in [1.82, 2.24) is 5.32 Å². The van der Waals surface area contributed by atoms with Crippen LogP contribution in [0.15, 0.2) is 12.2 Å². The first-order chi connectivity index (χ1) is 8.81. The second kappa shape index (κ2) is 6.99. The van der Waals surface area contributed by atoms with Gasteiger partial charge in [0.05, 0.1) is 18.9 Å². The van der Waals surface area contributed by atoms with Gasteiger partial charge >= 0.3 is 0 Å². The lowest BCUT2D eigenvalue weighted by Gasteiger charge is -2.31. The van der Waals surface area contributed by atoms with Gasteiger partial charge < -0.3 is 14.8 Å². The van der Waals surface area contributed by atoms with E-state index >= 15 is 0 Å². The van der Waals surface area contributed by atoms with Crippen molar-refractivity contribution in [1.29, 1.82) is 0 Å². The van der Waals surface area contributed by atoms with E-state index in [1.807, 2.05) is 0 Å². The maximum absolute atomic E-state index is 11.0. The van der Waals surface area contributed by atoms with Gasteiger partial charge in [-0.15, -0.1) is 0 Å². The second-order valence-corrected chi connectivity index (χ2v) is 5.74. The van der Waals surface area contributed by atoms with Crippen molar-refractivity contribution in [2.75, 3.05) is 19.5 Å². The van der Waals surface area contributed by atoms with Crippen molar-refractivity contribution in [3.63, 3.8) is 0 Å². The Morgan fingerprint density at radius 1 is 1.42 bits per heavy atom. The van der Waals surface area contributed by atoms with Crippen LogP contribution in [-0.2, 0) is 28.6 Å². The standard InChI is InChI=1S/C11H19NO6S/c1-4-16-11-10(12-8(2)13)6-5-9(18-11)7-17-19(3,14)15/h5-6,9-11H,4,7H2,1-3H3,(H,12,13). The fourth-order valence-corrected chi connectivity index (χ4v) is 1.96. The topological polar surface area (TPSA) is 90.9 Å². The molecule has 7 nitrogen and oxygen atoms in total. The van der Waals surface area contributed by atoms with Crippen molar-refractivity contribution < 1.29 is 26.9 Å². The Hall–Kier alpha value is -0.960. The van der Waals surface area contributed by atoms with E-state index in [4.69, 9.17) is 9.47 Å². The average Bonchev–Trinajstić information content (AvgIpc) is 2.28. The predicted octanol–water partition coefficient (Wildman–Crippen LogP) is -0.215. The number of carbonyl (C=O) groups is 1. The molecule has 1 heterocycles. The number of amides is 1. The van der Waals surface area contributed by atoms with Crippen LogP contribution in [0.25, 0.3) is 0 Å². The Morgan fingerprint density at radius 3 is 2.63 bits per heavy atom. The van der Waals surface area contributed by atoms with Gasteiger partial charge in [-0.2, -0.15) is 8.42 Å². The van der Waals surface area contributed by atoms with Crippen molar-refractivity contribution >= 4 is 16.0 Å². The van der Waals surface area contributed by atoms with E-state index in [2.05, 4.69) is 9.50 Å². The molecule has 0 spiro atoms. The highest BCUT2D eigenvalue weighted by Gasteiger charge is 2.28. The van der Waals surface area contributed by atoms with Crippen molar-refractivity contribution in [2.24, 2.45) is 0 Å². The van der Waals surface area contributed by atoms with Gasteiger partial charge in [0.15, 0.2) is 6.29 Å². The normalized spacial score (nSPS) is 27.2. The summed E-state index contributed by atoms with van der Waals surface area (Å²) in [6.07, 6.45) is 3.13. The molecule has 0 saturated heterocycles. The minimum absolute atomic E-state index is 0.119. The number of nitrogens with one attached hydrogen (secondary N) is 1. The molecule has 110 valence electrons. The Kier molecular flexibility index (Phi) is 5.92. The zero-order valence-electron chi connectivity index (χ0n) is 11.2. The van der Waals surface area contributed by atoms with Crippen LogP contribution in [0.4, 0.5) is 0 Å². The van der Waals surface area contributed by atoms with E-state index < -0.39 is 28.6 Å². The molecule has 0 aromatic heterocycles. The molecule has 3 unspecified atom stereocenters. The molecule has 0 radical (unpaired) electrons. The molecule has 1 aliphatic rings. The summed E-state index contributed by atoms with van der Waals surface area (Å²) in [5.74, 6) is -0.200. The summed E-state index contributed by atoms with van der Waals surface area (Å²) in [6.45, 7) is 3.49. The van der Waals surface area contributed by atoms with Crippen molar-refractivity contribution in [2.45, 2.75) is 32.3 Å². The number of hydrogen-bond donors (Lipinski definition) is 1. The van der Waals surface area contributed by atoms with Crippen LogP contribution in [0.2, 0.25) is 0 Å². The highest BCUT2D eigenvalue weighted by Crippen LogP contribution is 2.15. The monoisotopic (exact) mass is 293 g/mol. The van der Waals surface area contributed by atoms with Gasteiger partial charge in [0.25, 0.3) is 10.1 Å². The highest BCUT2D eigenvalue weighted by molar-refractivity contribution is 7.85. The quantitative estimate of drug-likeness (QED) is 0.538. The lowest BCUT2D eigenvalue weighted by atomic mass is 10.1. The number of ether oxygens (including phenoxy) is 2. The molecule has 1 N–H and O–H groups in total. The van der Waals surface area contributed by atoms with E-state index in [-0.39, 0.29) is 12.5 Å². The average molecular weight is 293 g/mol. The van der Waals surface area contributed by atoms with Gasteiger partial charge in [-0.1, -0.05) is 12.2 Å². The van der Waals surface area contributed by atoms with Gasteiger partial charge in [-0.05, 0) is 6.92 Å². The third-order valence-corrected chi connectivity index (χ3v) is 2.85. The summed E-state index contributed by atoms with van der Waals surface area (Å²) in [7, 11) is -3.51. The molecule has 0 bridgehead atoms. The lowest BCUT2D eigenvalue weighted by molar-refractivity contribution is -0.178. The van der Waals surface area contributed by atoms with E-state index in [0.29, 0.717) is 6.61 Å². The summed E-state index contributed by atoms with van der Waals surface area (Å²) in [5, 5.41) is 2.67. The third kappa shape index (κ3) is 6.15. The molecular weight excluding hydrogens is 274 g/mol. The zero-order valence-corrected chi connectivity index (χ0v) is 12.0. The first kappa shape index (κ1) is 16.1. The molecule has 1 aliphatic heterocycles. The third-order valence-electron chi connectivity index (χ3n) is 2.28. The fourth-order valence-electron chi connectivity index (χ4n) is 1.58. The van der Waals surface area contributed by atoms with E-state index in [1.165, 1.54) is 6.92 Å². The van der Waals surface area contributed by atoms with Crippen LogP contribution in [0.3, 0.4) is 0 Å². The number of rotatable bonds is 6. The van der Waals surface area contributed by atoms with Gasteiger partial charge in [0.2, 0.25) is 5.91 Å². The fraction of sp³-hybridized carbons (Fsp3) is 0.727. The molecule has 0 aliphatic carbocycles. The summed E-state index contributed by atoms with van der Waals surface area (Å²) < 4.78 is 37.4. The molecule has 1 rings (SSSR count). The Labute approximate surface area is 113 Å². The lowest BCUT2D eigenvalue weighted by Crippen LogP contribution is -2.48. The van der Waals surface area contributed by atoms with Crippen LogP contribution in [-0.4, -0.2) is 52.2 Å². The molecule has 19 heavy (non-hydrogen) atoms. The minimum atomic E-state index is -3.51. The molecular formula is C11H19NO6S. The van der Waals surface area contributed by atoms with Crippen molar-refractivity contribution in [3.8, 4) is 0 Å². The SMILES string of the molecule is CCOC1OC(COS(C)(=O)=O)C=CC1NC(C)=O. The predicted molar refractivity (Wildman–Crippen MR) is 67.8 cm³/mol. The largest absolute Gasteiger partial charge is 0.350 e. The molecule has 1 amide bonds. The second-order valence-electron chi connectivity index (χ2n) is 4.10. The molecule has 0 aromatic carbocycles. The minimum Gasteiger partial charge on any atom is -0.350 e. The molecule has 8 heteroatoms. The molecule has 0 aromatic rings. The summed E-state index contributed by atoms with van der Waals surface area (Å²) in [6, 6.07) is -0.396. The maximum Gasteiger partial charge on any atom is 0.264 e. The van der Waals surface area contributed by atoms with E-state index in [1.54, 1.807) is 19.1 Å². The smallest absolute Gasteiger partial charge is 0.264 e. The molecule has 0 saturated carbocycles. The van der Waals surface area contributed by atoms with Crippen LogP contribution in [0, 0.1) is 0 Å². The first-order valence-corrected chi connectivity index (χ1v) is 7.70. The molecule has 3 atom stereocenters. The first-order valence-electron chi connectivity index (χ1n) is 5.88. The van der Waals surface area contributed by atoms with Gasteiger partial charge in [-0.3, -0.25) is 8.98 Å². The summed E-state index contributed by atoms with van der Waals surface area (Å²) in [4.78, 5) is 11.0. The van der Waals surface area contributed by atoms with Gasteiger partial charge in [0, 0.05) is 13.5 Å². The van der Waals surface area contributed by atoms with Crippen molar-refractivity contribution in [3.05, 3.63) is 12.2 Å². The van der Waals surface area contributed by atoms with Crippen LogP contribution in [0.1, 0.15) is 13.8 Å². The zero-order chi connectivity index (χ0) is 14.5.